The Morgan fingerprint density at radius 1 is 0.333 bits per heavy atom. The second-order valence-electron chi connectivity index (χ2n) is 13.5. The molecule has 9 heteroatoms. The molecule has 5 nitrogen and oxygen atoms in total. The van der Waals surface area contributed by atoms with Gasteiger partial charge in [0.15, 0.2) is 0 Å². The summed E-state index contributed by atoms with van der Waals surface area (Å²) in [6, 6.07) is 80.1. The predicted octanol–water partition coefficient (Wildman–Crippen LogP) is 10.1. The van der Waals surface area contributed by atoms with Crippen LogP contribution in [0.2, 0.25) is 0 Å². The van der Waals surface area contributed by atoms with Crippen LogP contribution in [-0.2, 0) is 0 Å². The van der Waals surface area contributed by atoms with Crippen LogP contribution in [-0.4, -0.2) is 7.63 Å². The molecule has 2 aliphatic rings. The first-order valence-corrected chi connectivity index (χ1v) is 25.3. The van der Waals surface area contributed by atoms with Crippen molar-refractivity contribution in [2.45, 2.75) is 0 Å². The molecule has 1 spiro atoms. The van der Waals surface area contributed by atoms with Crippen LogP contribution in [0.25, 0.3) is 0 Å². The molecule has 0 fully saturated rings. The van der Waals surface area contributed by atoms with Crippen molar-refractivity contribution in [2.24, 2.45) is 4.52 Å². The maximum atomic E-state index is 6.46. The van der Waals surface area contributed by atoms with Crippen LogP contribution >= 0.6 is 25.5 Å². The number of benzene rings is 8. The number of rotatable bonds is 7. The van der Waals surface area contributed by atoms with E-state index in [1.807, 2.05) is 24.3 Å². The average molecular weight is 818 g/mol. The Kier molecular flexibility index (Phi) is 9.82. The van der Waals surface area contributed by atoms with Crippen LogP contribution in [0.5, 0.6) is 23.0 Å². The predicted molar refractivity (Wildman–Crippen MR) is 240 cm³/mol. The Labute approximate surface area is 339 Å². The summed E-state index contributed by atoms with van der Waals surface area (Å²) in [7, 11) is -9.36. The monoisotopic (exact) mass is 817 g/mol. The van der Waals surface area contributed by atoms with Gasteiger partial charge >= 0.3 is 108 Å². The third kappa shape index (κ3) is 6.86. The molecular weight excluding hydrogens is 780 g/mol. The Morgan fingerprint density at radius 2 is 0.561 bits per heavy atom. The Morgan fingerprint density at radius 3 is 0.825 bits per heavy atom. The van der Waals surface area contributed by atoms with Gasteiger partial charge in [-0.15, -0.1) is 4.52 Å². The first-order valence-electron chi connectivity index (χ1n) is 18.7. The van der Waals surface area contributed by atoms with E-state index in [2.05, 4.69) is 182 Å². The molecule has 0 bridgehead atoms. The SMILES string of the molecule is Cl[Si-]12(Oc3ccccc3O1)Oc1ccccc1O2.c1ccc(P(=N[P+](c2ccccc2)(c2ccccc2)c2ccccc2)(c2ccccc2)c2ccccc2)cc1. The molecule has 2 aliphatic heterocycles. The van der Waals surface area contributed by atoms with Crippen LogP contribution in [0, 0.1) is 0 Å². The number of para-hydroxylation sites is 4. The van der Waals surface area contributed by atoms with Crippen molar-refractivity contribution in [2.75, 3.05) is 0 Å². The van der Waals surface area contributed by atoms with Crippen molar-refractivity contribution in [3.8, 4) is 23.0 Å². The molecule has 0 radical (unpaired) electrons. The number of hydrogen-bond acceptors (Lipinski definition) is 5. The summed E-state index contributed by atoms with van der Waals surface area (Å²) in [6.07, 6.45) is 0. The molecule has 0 atom stereocenters. The standard InChI is InChI=1S/C36H30NP2.C12H8ClO4Si/c1-7-19-31(20-8-1)38(32-21-9-2-10-22-32,33-23-11-3-12-24-33)37-39(34-25-13-4-14-26-34,35-27-15-5-16-28-35)36-29-17-6-18-30-36;13-18(14-9-5-1-2-6-10(9)15-18)16-11-7-3-4-8-12(11)17-18/h1-30H;1-8H/q+1;-1. The number of fused-ring (bicyclic) bond motifs is 2. The minimum absolute atomic E-state index is 0.536. The molecular formula is C48H38ClNO4P2Si. The Bertz CT molecular complexity index is 2360. The first kappa shape index (κ1) is 36.7. The average Bonchev–Trinajstić information content (AvgIpc) is 3.77. The van der Waals surface area contributed by atoms with Gasteiger partial charge < -0.3 is 0 Å². The van der Waals surface area contributed by atoms with Crippen LogP contribution in [0.3, 0.4) is 0 Å². The van der Waals surface area contributed by atoms with Gasteiger partial charge in [0.2, 0.25) is 7.41 Å². The van der Waals surface area contributed by atoms with E-state index in [4.69, 9.17) is 33.3 Å². The quantitative estimate of drug-likeness (QED) is 0.0914. The van der Waals surface area contributed by atoms with Crippen molar-refractivity contribution < 1.29 is 17.7 Å². The van der Waals surface area contributed by atoms with Crippen molar-refractivity contribution in [3.05, 3.63) is 231 Å². The van der Waals surface area contributed by atoms with E-state index in [0.29, 0.717) is 23.0 Å². The summed E-state index contributed by atoms with van der Waals surface area (Å²) in [5.41, 5.74) is 0. The van der Waals surface area contributed by atoms with Gasteiger partial charge in [-0.3, -0.25) is 0 Å². The minimum atomic E-state index is -4.36. The van der Waals surface area contributed by atoms with E-state index < -0.39 is 22.1 Å². The molecule has 8 aromatic rings. The van der Waals surface area contributed by atoms with E-state index in [1.165, 1.54) is 31.8 Å². The topological polar surface area (TPSA) is 49.3 Å². The van der Waals surface area contributed by atoms with Crippen LogP contribution in [0.15, 0.2) is 235 Å². The van der Waals surface area contributed by atoms with Gasteiger partial charge in [0.05, 0.1) is 0 Å². The van der Waals surface area contributed by atoms with Gasteiger partial charge in [0, 0.05) is 15.9 Å². The minimum Gasteiger partial charge on any atom is -0.121 e. The largest absolute Gasteiger partial charge is 0.228 e. The van der Waals surface area contributed by atoms with Crippen molar-refractivity contribution in [1.29, 1.82) is 0 Å². The maximum Gasteiger partial charge on any atom is 0.228 e. The molecule has 280 valence electrons. The van der Waals surface area contributed by atoms with Crippen molar-refractivity contribution in [1.82, 2.24) is 0 Å². The maximum absolute atomic E-state index is 6.46. The molecule has 57 heavy (non-hydrogen) atoms. The third-order valence-electron chi connectivity index (χ3n) is 9.84. The zero-order valence-corrected chi connectivity index (χ0v) is 34.3. The summed E-state index contributed by atoms with van der Waals surface area (Å²) in [6.45, 7) is 0. The third-order valence-corrected chi connectivity index (χ3v) is 21.4. The summed E-state index contributed by atoms with van der Waals surface area (Å²) in [4.78, 5) is 0. The van der Waals surface area contributed by atoms with E-state index in [1.54, 1.807) is 24.3 Å². The first-order chi connectivity index (χ1) is 28.0. The second-order valence-corrected chi connectivity index (χ2v) is 24.1. The normalized spacial score (nSPS) is 15.0. The zero-order chi connectivity index (χ0) is 38.6. The molecule has 0 aromatic heterocycles. The number of nitrogens with zero attached hydrogens (tertiary/aromatic N) is 1. The molecule has 0 saturated carbocycles. The van der Waals surface area contributed by atoms with Gasteiger partial charge in [-0.25, -0.2) is 0 Å². The molecule has 0 N–H and O–H groups in total. The van der Waals surface area contributed by atoms with E-state index in [-0.39, 0.29) is 0 Å². The number of halogens is 1. The van der Waals surface area contributed by atoms with Crippen LogP contribution in [0.1, 0.15) is 0 Å². The van der Waals surface area contributed by atoms with E-state index in [9.17, 15) is 0 Å². The molecule has 10 rings (SSSR count). The number of hydrogen-bond donors (Lipinski definition) is 0. The van der Waals surface area contributed by atoms with Gasteiger partial charge in [0.25, 0.3) is 0 Å². The molecule has 8 aromatic carbocycles. The summed E-state index contributed by atoms with van der Waals surface area (Å²) in [5, 5.41) is 7.55. The fourth-order valence-electron chi connectivity index (χ4n) is 7.34. The Balaban J connectivity index is 0.000000194. The van der Waals surface area contributed by atoms with Gasteiger partial charge in [-0.2, -0.15) is 0 Å². The van der Waals surface area contributed by atoms with Gasteiger partial charge in [-0.1, -0.05) is 146 Å². The summed E-state index contributed by atoms with van der Waals surface area (Å²) >= 11 is 6.46. The molecule has 0 unspecified atom stereocenters. The zero-order valence-electron chi connectivity index (χ0n) is 30.8. The Hall–Kier alpha value is -5.87. The van der Waals surface area contributed by atoms with Crippen LogP contribution in [0.4, 0.5) is 0 Å². The van der Waals surface area contributed by atoms with Crippen LogP contribution < -0.4 is 49.5 Å². The van der Waals surface area contributed by atoms with Gasteiger partial charge in [-0.05, 0) is 36.4 Å². The summed E-state index contributed by atoms with van der Waals surface area (Å²) < 4.78 is 29.1. The molecule has 0 amide bonds. The fraction of sp³-hybridized carbons (Fsp3) is 0. The second kappa shape index (κ2) is 15.2. The van der Waals surface area contributed by atoms with Crippen molar-refractivity contribution >= 4 is 65.0 Å². The molecule has 0 aliphatic carbocycles. The molecule has 0 saturated heterocycles. The van der Waals surface area contributed by atoms with E-state index >= 15 is 0 Å². The smallest absolute Gasteiger partial charge is 0.121 e. The molecule has 2 heterocycles. The van der Waals surface area contributed by atoms with E-state index in [0.717, 1.165) is 0 Å². The fourth-order valence-corrected chi connectivity index (χ4v) is 20.2. The van der Waals surface area contributed by atoms with Crippen molar-refractivity contribution in [3.63, 3.8) is 0 Å². The summed E-state index contributed by atoms with van der Waals surface area (Å²) in [5.74, 6) is 2.14. The van der Waals surface area contributed by atoms with Gasteiger partial charge in [0.1, 0.15) is 23.0 Å².